The van der Waals surface area contributed by atoms with Crippen molar-refractivity contribution in [2.75, 3.05) is 24.6 Å². The summed E-state index contributed by atoms with van der Waals surface area (Å²) in [7, 11) is 0. The molecule has 7 heteroatoms. The van der Waals surface area contributed by atoms with Crippen molar-refractivity contribution in [2.45, 2.75) is 13.8 Å². The molecular formula is C20H21ClN2O4. The predicted molar refractivity (Wildman–Crippen MR) is 104 cm³/mol. The summed E-state index contributed by atoms with van der Waals surface area (Å²) < 4.78 is 5.37. The van der Waals surface area contributed by atoms with Gasteiger partial charge in [-0.05, 0) is 43.3 Å². The highest BCUT2D eigenvalue weighted by molar-refractivity contribution is 6.30. The Morgan fingerprint density at radius 2 is 1.78 bits per heavy atom. The SMILES string of the molecule is CC(=O)c1cccc(N(CCNC(=O)COc2ccc(Cl)cc2)C(C)=O)c1. The van der Waals surface area contributed by atoms with E-state index in [2.05, 4.69) is 5.32 Å². The molecule has 0 heterocycles. The zero-order valence-corrected chi connectivity index (χ0v) is 16.0. The monoisotopic (exact) mass is 388 g/mol. The van der Waals surface area contributed by atoms with Crippen molar-refractivity contribution in [1.29, 1.82) is 0 Å². The number of nitrogens with one attached hydrogen (secondary N) is 1. The molecule has 0 saturated carbocycles. The molecule has 0 unspecified atom stereocenters. The molecule has 2 rings (SSSR count). The van der Waals surface area contributed by atoms with Gasteiger partial charge in [-0.1, -0.05) is 23.7 Å². The number of ether oxygens (including phenoxy) is 1. The van der Waals surface area contributed by atoms with E-state index >= 15 is 0 Å². The van der Waals surface area contributed by atoms with Gasteiger partial charge in [-0.3, -0.25) is 14.4 Å². The Bertz CT molecular complexity index is 821. The van der Waals surface area contributed by atoms with E-state index in [1.165, 1.54) is 18.7 Å². The van der Waals surface area contributed by atoms with E-state index in [4.69, 9.17) is 16.3 Å². The van der Waals surface area contributed by atoms with Crippen LogP contribution in [0.4, 0.5) is 5.69 Å². The van der Waals surface area contributed by atoms with E-state index in [1.54, 1.807) is 48.5 Å². The number of hydrogen-bond acceptors (Lipinski definition) is 4. The van der Waals surface area contributed by atoms with Crippen molar-refractivity contribution < 1.29 is 19.1 Å². The number of carbonyl (C=O) groups excluding carboxylic acids is 3. The number of amides is 2. The molecule has 0 spiro atoms. The third kappa shape index (κ3) is 6.42. The van der Waals surface area contributed by atoms with Crippen LogP contribution in [0, 0.1) is 0 Å². The second kappa shape index (κ2) is 9.73. The molecule has 0 radical (unpaired) electrons. The number of hydrogen-bond donors (Lipinski definition) is 1. The smallest absolute Gasteiger partial charge is 0.258 e. The quantitative estimate of drug-likeness (QED) is 0.705. The number of rotatable bonds is 8. The van der Waals surface area contributed by atoms with E-state index in [0.29, 0.717) is 22.0 Å². The van der Waals surface area contributed by atoms with E-state index in [0.717, 1.165) is 0 Å². The molecule has 0 atom stereocenters. The molecule has 27 heavy (non-hydrogen) atoms. The van der Waals surface area contributed by atoms with Gasteiger partial charge in [0, 0.05) is 36.3 Å². The predicted octanol–water partition coefficient (Wildman–Crippen LogP) is 3.09. The van der Waals surface area contributed by atoms with Gasteiger partial charge >= 0.3 is 0 Å². The van der Waals surface area contributed by atoms with Gasteiger partial charge in [0.1, 0.15) is 5.75 Å². The van der Waals surface area contributed by atoms with Gasteiger partial charge in [0.15, 0.2) is 12.4 Å². The zero-order valence-electron chi connectivity index (χ0n) is 15.2. The van der Waals surface area contributed by atoms with E-state index in [1.807, 2.05) is 0 Å². The fourth-order valence-corrected chi connectivity index (χ4v) is 2.52. The lowest BCUT2D eigenvalue weighted by Crippen LogP contribution is -2.39. The average molecular weight is 389 g/mol. The molecule has 6 nitrogen and oxygen atoms in total. The molecule has 2 amide bonds. The van der Waals surface area contributed by atoms with Gasteiger partial charge in [0.25, 0.3) is 5.91 Å². The number of carbonyl (C=O) groups is 3. The van der Waals surface area contributed by atoms with Crippen LogP contribution in [-0.2, 0) is 9.59 Å². The molecule has 2 aromatic rings. The third-order valence-corrected chi connectivity index (χ3v) is 4.04. The van der Waals surface area contributed by atoms with E-state index in [9.17, 15) is 14.4 Å². The van der Waals surface area contributed by atoms with Gasteiger partial charge in [-0.2, -0.15) is 0 Å². The number of anilines is 1. The summed E-state index contributed by atoms with van der Waals surface area (Å²) in [6.07, 6.45) is 0. The summed E-state index contributed by atoms with van der Waals surface area (Å²) in [5.41, 5.74) is 1.14. The largest absolute Gasteiger partial charge is 0.484 e. The molecule has 1 N–H and O–H groups in total. The Balaban J connectivity index is 1.86. The number of nitrogens with zero attached hydrogens (tertiary/aromatic N) is 1. The standard InChI is InChI=1S/C20H21ClN2O4/c1-14(24)16-4-3-5-18(12-16)23(15(2)25)11-10-22-20(26)13-27-19-8-6-17(21)7-9-19/h3-9,12H,10-11,13H2,1-2H3,(H,22,26). The molecule has 2 aromatic carbocycles. The summed E-state index contributed by atoms with van der Waals surface area (Å²) >= 11 is 5.79. The molecule has 0 aliphatic rings. The minimum absolute atomic E-state index is 0.0759. The van der Waals surface area contributed by atoms with Gasteiger partial charge in [-0.15, -0.1) is 0 Å². The summed E-state index contributed by atoms with van der Waals surface area (Å²) in [6.45, 7) is 3.31. The Kier molecular flexibility index (Phi) is 7.37. The van der Waals surface area contributed by atoms with E-state index in [-0.39, 0.29) is 37.3 Å². The van der Waals surface area contributed by atoms with Gasteiger partial charge in [0.05, 0.1) is 0 Å². The Labute approximate surface area is 163 Å². The lowest BCUT2D eigenvalue weighted by Gasteiger charge is -2.22. The molecule has 0 bridgehead atoms. The first-order valence-electron chi connectivity index (χ1n) is 8.41. The van der Waals surface area contributed by atoms with Crippen LogP contribution in [0.15, 0.2) is 48.5 Å². The summed E-state index contributed by atoms with van der Waals surface area (Å²) in [4.78, 5) is 36.9. The van der Waals surface area contributed by atoms with Crippen LogP contribution in [-0.4, -0.2) is 37.3 Å². The lowest BCUT2D eigenvalue weighted by molar-refractivity contribution is -0.123. The Hall–Kier alpha value is -2.86. The van der Waals surface area contributed by atoms with Gasteiger partial charge < -0.3 is 15.0 Å². The Morgan fingerprint density at radius 3 is 2.41 bits per heavy atom. The molecule has 0 aliphatic heterocycles. The first-order chi connectivity index (χ1) is 12.9. The highest BCUT2D eigenvalue weighted by Crippen LogP contribution is 2.17. The maximum absolute atomic E-state index is 11.9. The highest BCUT2D eigenvalue weighted by atomic mass is 35.5. The second-order valence-electron chi connectivity index (χ2n) is 5.87. The number of halogens is 1. The number of ketones is 1. The summed E-state index contributed by atoms with van der Waals surface area (Å²) in [5.74, 6) is -0.0118. The van der Waals surface area contributed by atoms with Crippen LogP contribution in [0.3, 0.4) is 0 Å². The average Bonchev–Trinajstić information content (AvgIpc) is 2.64. The van der Waals surface area contributed by atoms with Crippen LogP contribution in [0.2, 0.25) is 5.02 Å². The van der Waals surface area contributed by atoms with Crippen LogP contribution in [0.1, 0.15) is 24.2 Å². The van der Waals surface area contributed by atoms with E-state index < -0.39 is 0 Å². The van der Waals surface area contributed by atoms with Crippen molar-refractivity contribution in [2.24, 2.45) is 0 Å². The fraction of sp³-hybridized carbons (Fsp3) is 0.250. The van der Waals surface area contributed by atoms with Gasteiger partial charge in [-0.25, -0.2) is 0 Å². The number of benzene rings is 2. The lowest BCUT2D eigenvalue weighted by atomic mass is 10.1. The van der Waals surface area contributed by atoms with Crippen molar-refractivity contribution in [3.63, 3.8) is 0 Å². The number of Topliss-reactive ketones (excluding diaryl/α,β-unsaturated/α-hetero) is 1. The van der Waals surface area contributed by atoms with Crippen molar-refractivity contribution >= 4 is 34.9 Å². The highest BCUT2D eigenvalue weighted by Gasteiger charge is 2.13. The summed E-state index contributed by atoms with van der Waals surface area (Å²) in [6, 6.07) is 13.5. The molecular weight excluding hydrogens is 368 g/mol. The van der Waals surface area contributed by atoms with Crippen LogP contribution in [0.5, 0.6) is 5.75 Å². The molecule has 0 aromatic heterocycles. The van der Waals surface area contributed by atoms with Gasteiger partial charge in [0.2, 0.25) is 5.91 Å². The van der Waals surface area contributed by atoms with Crippen molar-refractivity contribution in [1.82, 2.24) is 5.32 Å². The Morgan fingerprint density at radius 1 is 1.07 bits per heavy atom. The van der Waals surface area contributed by atoms with Crippen molar-refractivity contribution in [3.8, 4) is 5.75 Å². The topological polar surface area (TPSA) is 75.7 Å². The first-order valence-corrected chi connectivity index (χ1v) is 8.79. The van der Waals surface area contributed by atoms with Crippen LogP contribution in [0.25, 0.3) is 0 Å². The zero-order chi connectivity index (χ0) is 19.8. The van der Waals surface area contributed by atoms with Crippen LogP contribution >= 0.6 is 11.6 Å². The maximum atomic E-state index is 11.9. The molecule has 142 valence electrons. The normalized spacial score (nSPS) is 10.2. The minimum atomic E-state index is -0.300. The molecule has 0 fully saturated rings. The molecule has 0 saturated heterocycles. The molecule has 0 aliphatic carbocycles. The van der Waals surface area contributed by atoms with Crippen molar-refractivity contribution in [3.05, 3.63) is 59.1 Å². The van der Waals surface area contributed by atoms with Crippen LogP contribution < -0.4 is 15.0 Å². The third-order valence-electron chi connectivity index (χ3n) is 3.79. The maximum Gasteiger partial charge on any atom is 0.258 e. The first kappa shape index (κ1) is 20.5. The minimum Gasteiger partial charge on any atom is -0.484 e. The second-order valence-corrected chi connectivity index (χ2v) is 6.31. The fourth-order valence-electron chi connectivity index (χ4n) is 2.40. The summed E-state index contributed by atoms with van der Waals surface area (Å²) in [5, 5.41) is 3.29.